The van der Waals surface area contributed by atoms with E-state index in [0.29, 0.717) is 22.0 Å². The third-order valence-corrected chi connectivity index (χ3v) is 3.55. The van der Waals surface area contributed by atoms with Crippen LogP contribution < -0.4 is 10.6 Å². The molecule has 2 amide bonds. The maximum absolute atomic E-state index is 11.9. The van der Waals surface area contributed by atoms with E-state index in [1.54, 1.807) is 12.1 Å². The molecule has 22 heavy (non-hydrogen) atoms. The van der Waals surface area contributed by atoms with Crippen LogP contribution in [0.3, 0.4) is 0 Å². The minimum atomic E-state index is -0.349. The molecule has 6 heteroatoms. The smallest absolute Gasteiger partial charge is 0.319 e. The van der Waals surface area contributed by atoms with Crippen LogP contribution in [-0.4, -0.2) is 11.2 Å². The number of aromatic nitrogens is 1. The number of urea groups is 1. The molecule has 0 aliphatic carbocycles. The fourth-order valence-electron chi connectivity index (χ4n) is 2.12. The molecule has 5 nitrogen and oxygen atoms in total. The number of fused-ring (bicyclic) bond motifs is 1. The zero-order chi connectivity index (χ0) is 15.5. The molecule has 0 bridgehead atoms. The van der Waals surface area contributed by atoms with Gasteiger partial charge in [-0.3, -0.25) is 0 Å². The first-order valence-electron chi connectivity index (χ1n) is 6.78. The zero-order valence-corrected chi connectivity index (χ0v) is 12.6. The van der Waals surface area contributed by atoms with Crippen LogP contribution in [0.5, 0.6) is 0 Å². The highest BCUT2D eigenvalue weighted by molar-refractivity contribution is 6.33. The molecular formula is C16H14ClN3O2. The molecule has 112 valence electrons. The van der Waals surface area contributed by atoms with Crippen molar-refractivity contribution < 1.29 is 9.32 Å². The Balaban J connectivity index is 1.65. The number of carbonyl (C=O) groups excluding carboxylic acids is 1. The summed E-state index contributed by atoms with van der Waals surface area (Å²) in [5, 5.41) is 10.8. The van der Waals surface area contributed by atoms with Crippen molar-refractivity contribution in [1.82, 2.24) is 10.5 Å². The maximum Gasteiger partial charge on any atom is 0.319 e. The summed E-state index contributed by atoms with van der Waals surface area (Å²) in [6.07, 6.45) is 0. The summed E-state index contributed by atoms with van der Waals surface area (Å²) in [6, 6.07) is 12.6. The third-order valence-electron chi connectivity index (χ3n) is 3.24. The number of aryl methyl sites for hydroxylation is 1. The molecule has 2 N–H and O–H groups in total. The number of amides is 2. The first-order valence-corrected chi connectivity index (χ1v) is 7.15. The van der Waals surface area contributed by atoms with Crippen LogP contribution in [0.1, 0.15) is 11.3 Å². The van der Waals surface area contributed by atoms with Crippen molar-refractivity contribution in [2.24, 2.45) is 0 Å². The van der Waals surface area contributed by atoms with Crippen molar-refractivity contribution in [3.05, 3.63) is 58.7 Å². The van der Waals surface area contributed by atoms with E-state index in [1.165, 1.54) is 0 Å². The number of benzene rings is 2. The Labute approximate surface area is 132 Å². The summed E-state index contributed by atoms with van der Waals surface area (Å²) in [4.78, 5) is 11.9. The average Bonchev–Trinajstić information content (AvgIpc) is 2.91. The number of anilines is 1. The monoisotopic (exact) mass is 315 g/mol. The van der Waals surface area contributed by atoms with Crippen LogP contribution in [0.25, 0.3) is 11.0 Å². The standard InChI is InChI=1S/C16H14ClN3O2/c1-10-6-7-13(12(17)8-10)19-16(21)18-9-14-11-4-2-3-5-15(11)22-20-14/h2-8H,9H2,1H3,(H2,18,19,21). The SMILES string of the molecule is Cc1ccc(NC(=O)NCc2noc3ccccc23)c(Cl)c1. The highest BCUT2D eigenvalue weighted by Gasteiger charge is 2.10. The molecule has 0 radical (unpaired) electrons. The molecule has 3 rings (SSSR count). The quantitative estimate of drug-likeness (QED) is 0.764. The Morgan fingerprint density at radius 1 is 1.27 bits per heavy atom. The van der Waals surface area contributed by atoms with Crippen molar-refractivity contribution in [3.63, 3.8) is 0 Å². The van der Waals surface area contributed by atoms with Crippen molar-refractivity contribution in [2.45, 2.75) is 13.5 Å². The number of carbonyl (C=O) groups is 1. The summed E-state index contributed by atoms with van der Waals surface area (Å²) < 4.78 is 5.19. The highest BCUT2D eigenvalue weighted by atomic mass is 35.5. The number of rotatable bonds is 3. The van der Waals surface area contributed by atoms with Crippen molar-refractivity contribution in [1.29, 1.82) is 0 Å². The second-order valence-corrected chi connectivity index (χ2v) is 5.32. The predicted octanol–water partition coefficient (Wildman–Crippen LogP) is 4.11. The van der Waals surface area contributed by atoms with E-state index in [9.17, 15) is 4.79 Å². The number of nitrogens with zero attached hydrogens (tertiary/aromatic N) is 1. The lowest BCUT2D eigenvalue weighted by Crippen LogP contribution is -2.28. The molecule has 0 unspecified atom stereocenters. The van der Waals surface area contributed by atoms with E-state index in [2.05, 4.69) is 15.8 Å². The molecule has 1 aromatic heterocycles. The van der Waals surface area contributed by atoms with Gasteiger partial charge >= 0.3 is 6.03 Å². The van der Waals surface area contributed by atoms with Crippen LogP contribution >= 0.6 is 11.6 Å². The fraction of sp³-hybridized carbons (Fsp3) is 0.125. The lowest BCUT2D eigenvalue weighted by molar-refractivity contribution is 0.251. The second kappa shape index (κ2) is 6.07. The minimum Gasteiger partial charge on any atom is -0.356 e. The van der Waals surface area contributed by atoms with Crippen molar-refractivity contribution in [3.8, 4) is 0 Å². The summed E-state index contributed by atoms with van der Waals surface area (Å²) >= 11 is 6.08. The number of nitrogens with one attached hydrogen (secondary N) is 2. The summed E-state index contributed by atoms with van der Waals surface area (Å²) in [7, 11) is 0. The number of hydrogen-bond donors (Lipinski definition) is 2. The molecule has 0 saturated heterocycles. The highest BCUT2D eigenvalue weighted by Crippen LogP contribution is 2.22. The molecule has 0 atom stereocenters. The topological polar surface area (TPSA) is 67.2 Å². The molecule has 0 aliphatic rings. The molecule has 0 spiro atoms. The van der Waals surface area contributed by atoms with E-state index in [0.717, 1.165) is 10.9 Å². The fourth-order valence-corrected chi connectivity index (χ4v) is 2.40. The summed E-state index contributed by atoms with van der Waals surface area (Å²) in [5.74, 6) is 0. The van der Waals surface area contributed by atoms with Crippen LogP contribution in [0.4, 0.5) is 10.5 Å². The number of hydrogen-bond acceptors (Lipinski definition) is 3. The molecule has 0 aliphatic heterocycles. The third kappa shape index (κ3) is 3.04. The van der Waals surface area contributed by atoms with Crippen molar-refractivity contribution in [2.75, 3.05) is 5.32 Å². The van der Waals surface area contributed by atoms with Crippen molar-refractivity contribution >= 4 is 34.3 Å². The lowest BCUT2D eigenvalue weighted by atomic mass is 10.2. The van der Waals surface area contributed by atoms with Gasteiger partial charge in [-0.05, 0) is 36.8 Å². The Hall–Kier alpha value is -2.53. The van der Waals surface area contributed by atoms with Gasteiger partial charge in [-0.2, -0.15) is 0 Å². The van der Waals surface area contributed by atoms with Crippen LogP contribution in [0, 0.1) is 6.92 Å². The zero-order valence-electron chi connectivity index (χ0n) is 11.9. The lowest BCUT2D eigenvalue weighted by Gasteiger charge is -2.08. The summed E-state index contributed by atoms with van der Waals surface area (Å²) in [5.41, 5.74) is 2.97. The van der Waals surface area contributed by atoms with E-state index < -0.39 is 0 Å². The second-order valence-electron chi connectivity index (χ2n) is 4.92. The predicted molar refractivity (Wildman–Crippen MR) is 86.1 cm³/mol. The Kier molecular flexibility index (Phi) is 3.98. The molecular weight excluding hydrogens is 302 g/mol. The molecule has 3 aromatic rings. The minimum absolute atomic E-state index is 0.270. The summed E-state index contributed by atoms with van der Waals surface area (Å²) in [6.45, 7) is 2.21. The Morgan fingerprint density at radius 2 is 2.09 bits per heavy atom. The van der Waals surface area contributed by atoms with Crippen LogP contribution in [0.15, 0.2) is 47.0 Å². The molecule has 2 aromatic carbocycles. The normalized spacial score (nSPS) is 10.6. The average molecular weight is 316 g/mol. The first-order chi connectivity index (χ1) is 10.6. The molecule has 0 fully saturated rings. The molecule has 1 heterocycles. The van der Waals surface area contributed by atoms with E-state index in [1.807, 2.05) is 37.3 Å². The van der Waals surface area contributed by atoms with Gasteiger partial charge in [0.1, 0.15) is 5.69 Å². The number of halogens is 1. The largest absolute Gasteiger partial charge is 0.356 e. The Bertz CT molecular complexity index is 829. The molecule has 0 saturated carbocycles. The van der Waals surface area contributed by atoms with Gasteiger partial charge in [0.15, 0.2) is 5.58 Å². The van der Waals surface area contributed by atoms with Gasteiger partial charge in [0, 0.05) is 5.39 Å². The van der Waals surface area contributed by atoms with E-state index in [4.69, 9.17) is 16.1 Å². The van der Waals surface area contributed by atoms with Crippen LogP contribution in [0.2, 0.25) is 5.02 Å². The van der Waals surface area contributed by atoms with Gasteiger partial charge in [-0.25, -0.2) is 4.79 Å². The van der Waals surface area contributed by atoms with Gasteiger partial charge in [0.05, 0.1) is 17.3 Å². The van der Waals surface area contributed by atoms with Gasteiger partial charge in [0.25, 0.3) is 0 Å². The van der Waals surface area contributed by atoms with Gasteiger partial charge in [0.2, 0.25) is 0 Å². The van der Waals surface area contributed by atoms with Gasteiger partial charge in [-0.1, -0.05) is 35.0 Å². The maximum atomic E-state index is 11.9. The first kappa shape index (κ1) is 14.4. The van der Waals surface area contributed by atoms with Crippen LogP contribution in [-0.2, 0) is 6.54 Å². The number of para-hydroxylation sites is 1. The van der Waals surface area contributed by atoms with Gasteiger partial charge in [-0.15, -0.1) is 0 Å². The van der Waals surface area contributed by atoms with Gasteiger partial charge < -0.3 is 15.2 Å². The van der Waals surface area contributed by atoms with E-state index >= 15 is 0 Å². The van der Waals surface area contributed by atoms with E-state index in [-0.39, 0.29) is 12.6 Å². The Morgan fingerprint density at radius 3 is 2.91 bits per heavy atom.